The van der Waals surface area contributed by atoms with E-state index in [1.807, 2.05) is 51.4 Å². The number of nitrogens with zero attached hydrogens (tertiary/aromatic N) is 3. The zero-order chi connectivity index (χ0) is 16.7. The number of aromatic nitrogens is 2. The van der Waals surface area contributed by atoms with E-state index in [4.69, 9.17) is 0 Å². The van der Waals surface area contributed by atoms with Crippen molar-refractivity contribution < 1.29 is 4.79 Å². The Labute approximate surface area is 136 Å². The van der Waals surface area contributed by atoms with Crippen molar-refractivity contribution in [2.75, 3.05) is 37.8 Å². The Balaban J connectivity index is 1.82. The predicted molar refractivity (Wildman–Crippen MR) is 92.6 cm³/mol. The van der Waals surface area contributed by atoms with Gasteiger partial charge in [-0.05, 0) is 38.7 Å². The summed E-state index contributed by atoms with van der Waals surface area (Å²) in [5, 5.41) is 14.0. The van der Waals surface area contributed by atoms with E-state index in [1.165, 1.54) is 5.56 Å². The monoisotopic (exact) mass is 313 g/mol. The van der Waals surface area contributed by atoms with Crippen molar-refractivity contribution in [3.8, 4) is 0 Å². The summed E-state index contributed by atoms with van der Waals surface area (Å²) >= 11 is 0. The van der Waals surface area contributed by atoms with Gasteiger partial charge in [0.2, 0.25) is 5.91 Å². The molecule has 122 valence electrons. The number of hydrogen-bond donors (Lipinski definition) is 2. The van der Waals surface area contributed by atoms with Gasteiger partial charge in [-0.2, -0.15) is 0 Å². The smallest absolute Gasteiger partial charge is 0.229 e. The molecule has 6 nitrogen and oxygen atoms in total. The van der Waals surface area contributed by atoms with Crippen molar-refractivity contribution in [2.45, 2.75) is 13.3 Å². The molecule has 0 atom stereocenters. The fourth-order valence-corrected chi connectivity index (χ4v) is 1.98. The van der Waals surface area contributed by atoms with Gasteiger partial charge in [0.15, 0.2) is 5.82 Å². The maximum absolute atomic E-state index is 12.0. The minimum atomic E-state index is -0.100. The molecule has 0 fully saturated rings. The summed E-state index contributed by atoms with van der Waals surface area (Å²) in [5.41, 5.74) is 2.15. The SMILES string of the molecule is Cc1ccc(CC(=O)Nc2ccc(NCCN(C)C)nn2)cc1. The summed E-state index contributed by atoms with van der Waals surface area (Å²) in [6.45, 7) is 3.73. The number of aryl methyl sites for hydroxylation is 1. The lowest BCUT2D eigenvalue weighted by Gasteiger charge is -2.10. The average Bonchev–Trinajstić information content (AvgIpc) is 2.51. The highest BCUT2D eigenvalue weighted by molar-refractivity contribution is 5.91. The molecule has 0 aliphatic carbocycles. The normalized spacial score (nSPS) is 10.6. The van der Waals surface area contributed by atoms with Crippen LogP contribution in [0.1, 0.15) is 11.1 Å². The van der Waals surface area contributed by atoms with Crippen LogP contribution in [0.2, 0.25) is 0 Å². The van der Waals surface area contributed by atoms with Gasteiger partial charge in [-0.25, -0.2) is 0 Å². The molecule has 0 aliphatic rings. The number of amides is 1. The van der Waals surface area contributed by atoms with Gasteiger partial charge >= 0.3 is 0 Å². The summed E-state index contributed by atoms with van der Waals surface area (Å²) in [5.74, 6) is 1.06. The number of nitrogens with one attached hydrogen (secondary N) is 2. The van der Waals surface area contributed by atoms with Crippen LogP contribution in [-0.2, 0) is 11.2 Å². The van der Waals surface area contributed by atoms with Gasteiger partial charge in [0.1, 0.15) is 5.82 Å². The van der Waals surface area contributed by atoms with Gasteiger partial charge in [0.25, 0.3) is 0 Å². The van der Waals surface area contributed by atoms with Crippen molar-refractivity contribution >= 4 is 17.5 Å². The fourth-order valence-electron chi connectivity index (χ4n) is 1.98. The first-order valence-electron chi connectivity index (χ1n) is 7.60. The van der Waals surface area contributed by atoms with Crippen molar-refractivity contribution in [3.63, 3.8) is 0 Å². The van der Waals surface area contributed by atoms with Gasteiger partial charge < -0.3 is 15.5 Å². The third-order valence-corrected chi connectivity index (χ3v) is 3.28. The number of likely N-dealkylation sites (N-methyl/N-ethyl adjacent to an activating group) is 1. The Morgan fingerprint density at radius 1 is 1.04 bits per heavy atom. The molecule has 0 spiro atoms. The van der Waals surface area contributed by atoms with Crippen LogP contribution >= 0.6 is 0 Å². The topological polar surface area (TPSA) is 70.2 Å². The van der Waals surface area contributed by atoms with Gasteiger partial charge in [0.05, 0.1) is 6.42 Å². The second-order valence-electron chi connectivity index (χ2n) is 5.74. The third-order valence-electron chi connectivity index (χ3n) is 3.28. The van der Waals surface area contributed by atoms with E-state index < -0.39 is 0 Å². The van der Waals surface area contributed by atoms with Crippen LogP contribution in [0, 0.1) is 6.92 Å². The van der Waals surface area contributed by atoms with Crippen LogP contribution in [0.5, 0.6) is 0 Å². The number of hydrogen-bond acceptors (Lipinski definition) is 5. The van der Waals surface area contributed by atoms with Crippen LogP contribution in [0.15, 0.2) is 36.4 Å². The summed E-state index contributed by atoms with van der Waals surface area (Å²) in [7, 11) is 4.03. The van der Waals surface area contributed by atoms with Crippen molar-refractivity contribution in [2.24, 2.45) is 0 Å². The van der Waals surface area contributed by atoms with E-state index in [2.05, 4.69) is 25.7 Å². The molecule has 2 N–H and O–H groups in total. The first kappa shape index (κ1) is 16.9. The highest BCUT2D eigenvalue weighted by Gasteiger charge is 2.05. The predicted octanol–water partition coefficient (Wildman–Crippen LogP) is 1.94. The molecule has 0 saturated carbocycles. The van der Waals surface area contributed by atoms with E-state index in [0.717, 1.165) is 18.7 Å². The largest absolute Gasteiger partial charge is 0.367 e. The van der Waals surface area contributed by atoms with Crippen molar-refractivity contribution in [3.05, 3.63) is 47.5 Å². The number of anilines is 2. The van der Waals surface area contributed by atoms with E-state index in [0.29, 0.717) is 18.1 Å². The van der Waals surface area contributed by atoms with Gasteiger partial charge in [-0.3, -0.25) is 4.79 Å². The van der Waals surface area contributed by atoms with E-state index in [9.17, 15) is 4.79 Å². The van der Waals surface area contributed by atoms with Crippen LogP contribution < -0.4 is 10.6 Å². The molecule has 1 aromatic heterocycles. The Hall–Kier alpha value is -2.47. The molecule has 0 aliphatic heterocycles. The lowest BCUT2D eigenvalue weighted by molar-refractivity contribution is -0.115. The molecular formula is C17H23N5O. The number of benzene rings is 1. The Morgan fingerprint density at radius 2 is 1.70 bits per heavy atom. The lowest BCUT2D eigenvalue weighted by atomic mass is 10.1. The first-order chi connectivity index (χ1) is 11.0. The molecule has 0 saturated heterocycles. The minimum Gasteiger partial charge on any atom is -0.367 e. The van der Waals surface area contributed by atoms with Crippen molar-refractivity contribution in [1.82, 2.24) is 15.1 Å². The molecule has 0 radical (unpaired) electrons. The Morgan fingerprint density at radius 3 is 2.30 bits per heavy atom. The highest BCUT2D eigenvalue weighted by atomic mass is 16.1. The molecule has 1 heterocycles. The third kappa shape index (κ3) is 6.04. The summed E-state index contributed by atoms with van der Waals surface area (Å²) in [6, 6.07) is 11.5. The zero-order valence-electron chi connectivity index (χ0n) is 13.8. The fraction of sp³-hybridized carbons (Fsp3) is 0.353. The minimum absolute atomic E-state index is 0.100. The maximum atomic E-state index is 12.0. The van der Waals surface area contributed by atoms with E-state index >= 15 is 0 Å². The van der Waals surface area contributed by atoms with E-state index in [1.54, 1.807) is 6.07 Å². The number of carbonyl (C=O) groups is 1. The van der Waals surface area contributed by atoms with E-state index in [-0.39, 0.29) is 5.91 Å². The van der Waals surface area contributed by atoms with Crippen LogP contribution in [0.4, 0.5) is 11.6 Å². The van der Waals surface area contributed by atoms with Crippen LogP contribution in [0.3, 0.4) is 0 Å². The van der Waals surface area contributed by atoms with Crippen LogP contribution in [0.25, 0.3) is 0 Å². The molecule has 6 heteroatoms. The van der Waals surface area contributed by atoms with Crippen molar-refractivity contribution in [1.29, 1.82) is 0 Å². The molecular weight excluding hydrogens is 290 g/mol. The lowest BCUT2D eigenvalue weighted by Crippen LogP contribution is -2.21. The first-order valence-corrected chi connectivity index (χ1v) is 7.60. The average molecular weight is 313 g/mol. The standard InChI is InChI=1S/C17H23N5O/c1-13-4-6-14(7-5-13)12-17(23)19-16-9-8-15(20-21-16)18-10-11-22(2)3/h4-9H,10-12H2,1-3H3,(H,18,20)(H,19,21,23). The molecule has 0 bridgehead atoms. The summed E-state index contributed by atoms with van der Waals surface area (Å²) in [6.07, 6.45) is 0.324. The Kier molecular flexibility index (Phi) is 6.05. The van der Waals surface area contributed by atoms with Gasteiger partial charge in [0, 0.05) is 13.1 Å². The Bertz CT molecular complexity index is 622. The molecule has 2 rings (SSSR count). The number of rotatable bonds is 7. The van der Waals surface area contributed by atoms with Gasteiger partial charge in [-0.15, -0.1) is 10.2 Å². The summed E-state index contributed by atoms with van der Waals surface area (Å²) < 4.78 is 0. The zero-order valence-corrected chi connectivity index (χ0v) is 13.8. The molecule has 1 amide bonds. The molecule has 0 unspecified atom stereocenters. The molecule has 1 aromatic carbocycles. The maximum Gasteiger partial charge on any atom is 0.229 e. The summed E-state index contributed by atoms with van der Waals surface area (Å²) in [4.78, 5) is 14.1. The van der Waals surface area contributed by atoms with Gasteiger partial charge in [-0.1, -0.05) is 29.8 Å². The quantitative estimate of drug-likeness (QED) is 0.817. The van der Waals surface area contributed by atoms with Crippen LogP contribution in [-0.4, -0.2) is 48.2 Å². The second kappa shape index (κ2) is 8.24. The number of carbonyl (C=O) groups excluding carboxylic acids is 1. The second-order valence-corrected chi connectivity index (χ2v) is 5.74. The molecule has 2 aromatic rings. The highest BCUT2D eigenvalue weighted by Crippen LogP contribution is 2.08. The molecule has 23 heavy (non-hydrogen) atoms.